The third-order valence-corrected chi connectivity index (χ3v) is 4.54. The molecule has 2 aromatic carbocycles. The summed E-state index contributed by atoms with van der Waals surface area (Å²) < 4.78 is 0. The van der Waals surface area contributed by atoms with Crippen molar-refractivity contribution in [1.29, 1.82) is 0 Å². The zero-order chi connectivity index (χ0) is 17.6. The molecule has 0 saturated carbocycles. The molecule has 132 valence electrons. The summed E-state index contributed by atoms with van der Waals surface area (Å²) in [5.74, 6) is 1.12. The summed E-state index contributed by atoms with van der Waals surface area (Å²) in [5, 5.41) is 18.8. The Kier molecular flexibility index (Phi) is 5.53. The van der Waals surface area contributed by atoms with Crippen LogP contribution in [0, 0.1) is 5.92 Å². The van der Waals surface area contributed by atoms with Crippen LogP contribution in [0.25, 0.3) is 11.0 Å². The average molecular weight is 339 g/mol. The van der Waals surface area contributed by atoms with Crippen LogP contribution in [0.5, 0.6) is 11.5 Å². The fourth-order valence-corrected chi connectivity index (χ4v) is 3.01. The molecular weight excluding hydrogens is 314 g/mol. The SMILES string of the molecule is CCCCC(CC)Cc1ccc(On2nc3ccccc3n2)c(O)c1. The highest BCUT2D eigenvalue weighted by molar-refractivity contribution is 5.72. The molecule has 5 heteroatoms. The van der Waals surface area contributed by atoms with Gasteiger partial charge in [-0.3, -0.25) is 0 Å². The molecule has 0 radical (unpaired) electrons. The number of hydrogen-bond acceptors (Lipinski definition) is 4. The highest BCUT2D eigenvalue weighted by Crippen LogP contribution is 2.29. The van der Waals surface area contributed by atoms with Crippen molar-refractivity contribution < 1.29 is 9.94 Å². The van der Waals surface area contributed by atoms with Gasteiger partial charge in [-0.15, -0.1) is 10.2 Å². The van der Waals surface area contributed by atoms with Gasteiger partial charge in [0, 0.05) is 4.96 Å². The molecule has 1 heterocycles. The molecule has 0 aliphatic heterocycles. The van der Waals surface area contributed by atoms with E-state index in [0.29, 0.717) is 11.7 Å². The van der Waals surface area contributed by atoms with E-state index in [2.05, 4.69) is 24.0 Å². The molecule has 1 aromatic heterocycles. The van der Waals surface area contributed by atoms with Gasteiger partial charge in [0.2, 0.25) is 5.75 Å². The molecule has 0 fully saturated rings. The Morgan fingerprint density at radius 2 is 1.80 bits per heavy atom. The van der Waals surface area contributed by atoms with Gasteiger partial charge >= 0.3 is 0 Å². The zero-order valence-electron chi connectivity index (χ0n) is 14.9. The second kappa shape index (κ2) is 8.01. The van der Waals surface area contributed by atoms with Crippen molar-refractivity contribution in [2.75, 3.05) is 0 Å². The van der Waals surface area contributed by atoms with Crippen LogP contribution in [0.2, 0.25) is 0 Å². The lowest BCUT2D eigenvalue weighted by Crippen LogP contribution is -2.09. The van der Waals surface area contributed by atoms with Crippen LogP contribution in [0.4, 0.5) is 0 Å². The first-order valence-corrected chi connectivity index (χ1v) is 9.02. The molecule has 0 amide bonds. The molecule has 25 heavy (non-hydrogen) atoms. The van der Waals surface area contributed by atoms with Gasteiger partial charge in [-0.25, -0.2) is 0 Å². The maximum atomic E-state index is 10.3. The first-order chi connectivity index (χ1) is 12.2. The van der Waals surface area contributed by atoms with E-state index in [0.717, 1.165) is 34.4 Å². The highest BCUT2D eigenvalue weighted by Gasteiger charge is 2.11. The molecule has 5 nitrogen and oxygen atoms in total. The molecule has 0 saturated heterocycles. The van der Waals surface area contributed by atoms with Crippen LogP contribution in [0.3, 0.4) is 0 Å². The lowest BCUT2D eigenvalue weighted by Gasteiger charge is -2.15. The highest BCUT2D eigenvalue weighted by atomic mass is 16.7. The number of rotatable bonds is 8. The summed E-state index contributed by atoms with van der Waals surface area (Å²) in [5.41, 5.74) is 2.63. The van der Waals surface area contributed by atoms with E-state index in [1.807, 2.05) is 30.3 Å². The number of phenolic OH excluding ortho intramolecular Hbond substituents is 1. The smallest absolute Gasteiger partial charge is 0.201 e. The number of fused-ring (bicyclic) bond motifs is 1. The van der Waals surface area contributed by atoms with Crippen molar-refractivity contribution in [3.8, 4) is 11.5 Å². The van der Waals surface area contributed by atoms with Crippen molar-refractivity contribution in [3.05, 3.63) is 48.0 Å². The van der Waals surface area contributed by atoms with Crippen molar-refractivity contribution in [2.24, 2.45) is 5.92 Å². The monoisotopic (exact) mass is 339 g/mol. The van der Waals surface area contributed by atoms with Gasteiger partial charge in [-0.05, 0) is 42.2 Å². The van der Waals surface area contributed by atoms with Crippen molar-refractivity contribution >= 4 is 11.0 Å². The van der Waals surface area contributed by atoms with E-state index >= 15 is 0 Å². The molecule has 0 spiro atoms. The van der Waals surface area contributed by atoms with Crippen LogP contribution >= 0.6 is 0 Å². The number of hydrogen-bond donors (Lipinski definition) is 1. The second-order valence-electron chi connectivity index (χ2n) is 6.46. The molecular formula is C20H25N3O2. The average Bonchev–Trinajstić information content (AvgIpc) is 3.03. The van der Waals surface area contributed by atoms with E-state index in [9.17, 15) is 5.11 Å². The summed E-state index contributed by atoms with van der Waals surface area (Å²) in [6.07, 6.45) is 5.84. The second-order valence-corrected chi connectivity index (χ2v) is 6.46. The van der Waals surface area contributed by atoms with Gasteiger partial charge < -0.3 is 9.94 Å². The predicted molar refractivity (Wildman–Crippen MR) is 98.7 cm³/mol. The quantitative estimate of drug-likeness (QED) is 0.644. The van der Waals surface area contributed by atoms with Gasteiger partial charge in [0.15, 0.2) is 5.75 Å². The van der Waals surface area contributed by atoms with E-state index in [4.69, 9.17) is 4.84 Å². The van der Waals surface area contributed by atoms with Crippen LogP contribution in [-0.2, 0) is 6.42 Å². The minimum atomic E-state index is 0.115. The van der Waals surface area contributed by atoms with E-state index < -0.39 is 0 Å². The Bertz CT molecular complexity index is 796. The lowest BCUT2D eigenvalue weighted by atomic mass is 9.92. The first kappa shape index (κ1) is 17.3. The Labute approximate surface area is 148 Å². The molecule has 1 atom stereocenters. The van der Waals surface area contributed by atoms with Gasteiger partial charge in [-0.1, -0.05) is 57.7 Å². The number of nitrogens with zero attached hydrogens (tertiary/aromatic N) is 3. The Hall–Kier alpha value is -2.56. The van der Waals surface area contributed by atoms with E-state index in [1.54, 1.807) is 12.1 Å². The Morgan fingerprint density at radius 1 is 1.08 bits per heavy atom. The fourth-order valence-electron chi connectivity index (χ4n) is 3.01. The normalized spacial score (nSPS) is 12.4. The lowest BCUT2D eigenvalue weighted by molar-refractivity contribution is 0.138. The number of phenols is 1. The third kappa shape index (κ3) is 4.29. The number of benzene rings is 2. The molecule has 0 aliphatic rings. The van der Waals surface area contributed by atoms with Gasteiger partial charge in [-0.2, -0.15) is 0 Å². The van der Waals surface area contributed by atoms with Gasteiger partial charge in [0.25, 0.3) is 0 Å². The molecule has 0 bridgehead atoms. The summed E-state index contributed by atoms with van der Waals surface area (Å²) >= 11 is 0. The standard InChI is InChI=1S/C20H25N3O2/c1-3-5-8-15(4-2)13-16-11-12-20(19(24)14-16)25-23-21-17-9-6-7-10-18(17)22-23/h6-7,9-12,14-15,24H,3-5,8,13H2,1-2H3. The van der Waals surface area contributed by atoms with Crippen LogP contribution in [0.15, 0.2) is 42.5 Å². The third-order valence-electron chi connectivity index (χ3n) is 4.54. The van der Waals surface area contributed by atoms with Crippen LogP contribution in [0.1, 0.15) is 45.1 Å². The number of unbranched alkanes of at least 4 members (excludes halogenated alkanes) is 1. The van der Waals surface area contributed by atoms with E-state index in [-0.39, 0.29) is 5.75 Å². The van der Waals surface area contributed by atoms with Gasteiger partial charge in [0.1, 0.15) is 11.0 Å². The molecule has 3 aromatic rings. The van der Waals surface area contributed by atoms with E-state index in [1.165, 1.54) is 19.3 Å². The summed E-state index contributed by atoms with van der Waals surface area (Å²) in [4.78, 5) is 6.74. The van der Waals surface area contributed by atoms with Crippen LogP contribution in [-0.4, -0.2) is 20.3 Å². The predicted octanol–water partition coefficient (Wildman–Crippen LogP) is 4.74. The van der Waals surface area contributed by atoms with Crippen molar-refractivity contribution in [3.63, 3.8) is 0 Å². The molecule has 0 aliphatic carbocycles. The van der Waals surface area contributed by atoms with Crippen molar-refractivity contribution in [2.45, 2.75) is 46.0 Å². The largest absolute Gasteiger partial charge is 0.504 e. The Morgan fingerprint density at radius 3 is 2.40 bits per heavy atom. The maximum absolute atomic E-state index is 10.3. The Balaban J connectivity index is 1.70. The summed E-state index contributed by atoms with van der Waals surface area (Å²) in [6, 6.07) is 13.1. The molecule has 1 unspecified atom stereocenters. The van der Waals surface area contributed by atoms with Gasteiger partial charge in [0.05, 0.1) is 0 Å². The topological polar surface area (TPSA) is 60.2 Å². The van der Waals surface area contributed by atoms with Crippen molar-refractivity contribution in [1.82, 2.24) is 15.2 Å². The number of aromatic hydroxyl groups is 1. The molecule has 3 rings (SSSR count). The first-order valence-electron chi connectivity index (χ1n) is 9.02. The fraction of sp³-hybridized carbons (Fsp3) is 0.400. The molecule has 1 N–H and O–H groups in total. The summed E-state index contributed by atoms with van der Waals surface area (Å²) in [6.45, 7) is 4.45. The minimum absolute atomic E-state index is 0.115. The van der Waals surface area contributed by atoms with Crippen LogP contribution < -0.4 is 4.84 Å². The zero-order valence-corrected chi connectivity index (χ0v) is 14.9. The number of aromatic nitrogens is 3. The maximum Gasteiger partial charge on any atom is 0.201 e. The summed E-state index contributed by atoms with van der Waals surface area (Å²) in [7, 11) is 0. The minimum Gasteiger partial charge on any atom is -0.504 e.